The lowest BCUT2D eigenvalue weighted by atomic mass is 10.2. The first kappa shape index (κ1) is 11.2. The Morgan fingerprint density at radius 3 is 2.72 bits per heavy atom. The summed E-state index contributed by atoms with van der Waals surface area (Å²) in [5.41, 5.74) is 2.40. The maximum Gasteiger partial charge on any atom is 0.181 e. The highest BCUT2D eigenvalue weighted by Gasteiger charge is 2.07. The molecule has 1 aromatic carbocycles. The maximum atomic E-state index is 8.99. The SMILES string of the molecule is OCc1ccc(Sc2ncnc3nc[nH]c23)cc1. The van der Waals surface area contributed by atoms with Crippen molar-refractivity contribution in [3.8, 4) is 0 Å². The lowest BCUT2D eigenvalue weighted by Crippen LogP contribution is -1.86. The summed E-state index contributed by atoms with van der Waals surface area (Å²) >= 11 is 1.54. The fraction of sp³-hybridized carbons (Fsp3) is 0.0833. The Kier molecular flexibility index (Phi) is 2.95. The fourth-order valence-corrected chi connectivity index (χ4v) is 2.44. The molecule has 2 heterocycles. The van der Waals surface area contributed by atoms with Crippen molar-refractivity contribution < 1.29 is 5.11 Å². The number of aliphatic hydroxyl groups is 1. The van der Waals surface area contributed by atoms with Crippen LogP contribution in [0.25, 0.3) is 11.2 Å². The van der Waals surface area contributed by atoms with E-state index in [0.717, 1.165) is 21.0 Å². The van der Waals surface area contributed by atoms with Gasteiger partial charge < -0.3 is 10.1 Å². The molecule has 0 atom stereocenters. The Balaban J connectivity index is 1.93. The van der Waals surface area contributed by atoms with E-state index in [1.165, 1.54) is 18.1 Å². The molecule has 0 aliphatic heterocycles. The number of hydrogen-bond acceptors (Lipinski definition) is 5. The van der Waals surface area contributed by atoms with Crippen molar-refractivity contribution in [1.82, 2.24) is 19.9 Å². The molecule has 0 saturated carbocycles. The van der Waals surface area contributed by atoms with Crippen LogP contribution in [0.15, 0.2) is 46.8 Å². The second kappa shape index (κ2) is 4.75. The van der Waals surface area contributed by atoms with Gasteiger partial charge in [-0.15, -0.1) is 0 Å². The van der Waals surface area contributed by atoms with E-state index >= 15 is 0 Å². The smallest absolute Gasteiger partial charge is 0.181 e. The standard InChI is InChI=1S/C12H10N4OS/c17-5-8-1-3-9(4-2-8)18-12-10-11(14-6-13-10)15-7-16-12/h1-4,6-7,17H,5H2,(H,13,14,15,16). The van der Waals surface area contributed by atoms with Crippen LogP contribution >= 0.6 is 11.8 Å². The second-order valence-electron chi connectivity index (χ2n) is 3.68. The number of imidazole rings is 1. The van der Waals surface area contributed by atoms with E-state index in [1.807, 2.05) is 24.3 Å². The molecule has 0 amide bonds. The molecular weight excluding hydrogens is 248 g/mol. The Hall–Kier alpha value is -1.92. The summed E-state index contributed by atoms with van der Waals surface area (Å²) in [7, 11) is 0. The van der Waals surface area contributed by atoms with Gasteiger partial charge in [0.1, 0.15) is 16.9 Å². The zero-order valence-corrected chi connectivity index (χ0v) is 10.2. The number of aromatic nitrogens is 4. The molecule has 0 unspecified atom stereocenters. The van der Waals surface area contributed by atoms with E-state index in [2.05, 4.69) is 19.9 Å². The molecule has 0 spiro atoms. The van der Waals surface area contributed by atoms with Crippen molar-refractivity contribution in [1.29, 1.82) is 0 Å². The molecule has 0 aliphatic rings. The van der Waals surface area contributed by atoms with Gasteiger partial charge in [-0.3, -0.25) is 0 Å². The van der Waals surface area contributed by atoms with Crippen molar-refractivity contribution in [3.63, 3.8) is 0 Å². The molecule has 5 nitrogen and oxygen atoms in total. The molecule has 0 radical (unpaired) electrons. The molecular formula is C12H10N4OS. The number of aliphatic hydroxyl groups excluding tert-OH is 1. The van der Waals surface area contributed by atoms with Gasteiger partial charge in [0.2, 0.25) is 0 Å². The highest BCUT2D eigenvalue weighted by molar-refractivity contribution is 7.99. The molecule has 3 rings (SSSR count). The largest absolute Gasteiger partial charge is 0.392 e. The summed E-state index contributed by atoms with van der Waals surface area (Å²) in [6.45, 7) is 0.0588. The summed E-state index contributed by atoms with van der Waals surface area (Å²) in [6.07, 6.45) is 3.12. The molecule has 2 N–H and O–H groups in total. The van der Waals surface area contributed by atoms with Gasteiger partial charge in [-0.2, -0.15) is 0 Å². The summed E-state index contributed by atoms with van der Waals surface area (Å²) < 4.78 is 0. The third kappa shape index (κ3) is 2.07. The van der Waals surface area contributed by atoms with Crippen LogP contribution < -0.4 is 0 Å². The van der Waals surface area contributed by atoms with E-state index in [1.54, 1.807) is 6.33 Å². The van der Waals surface area contributed by atoms with Crippen molar-refractivity contribution in [2.45, 2.75) is 16.5 Å². The van der Waals surface area contributed by atoms with Crippen LogP contribution in [-0.2, 0) is 6.61 Å². The third-order valence-electron chi connectivity index (χ3n) is 2.51. The highest BCUT2D eigenvalue weighted by Crippen LogP contribution is 2.29. The number of nitrogens with zero attached hydrogens (tertiary/aromatic N) is 3. The molecule has 90 valence electrons. The molecule has 18 heavy (non-hydrogen) atoms. The van der Waals surface area contributed by atoms with Crippen molar-refractivity contribution in [3.05, 3.63) is 42.5 Å². The number of benzene rings is 1. The third-order valence-corrected chi connectivity index (χ3v) is 3.52. The average molecular weight is 258 g/mol. The number of nitrogens with one attached hydrogen (secondary N) is 1. The Labute approximate surface area is 107 Å². The minimum atomic E-state index is 0.0588. The molecule has 0 fully saturated rings. The molecule has 0 aliphatic carbocycles. The van der Waals surface area contributed by atoms with Crippen LogP contribution in [0.5, 0.6) is 0 Å². The zero-order chi connectivity index (χ0) is 12.4. The monoisotopic (exact) mass is 258 g/mol. The summed E-state index contributed by atoms with van der Waals surface area (Å²) in [6, 6.07) is 7.71. The second-order valence-corrected chi connectivity index (χ2v) is 4.75. The summed E-state index contributed by atoms with van der Waals surface area (Å²) in [4.78, 5) is 16.5. The number of H-pyrrole nitrogens is 1. The minimum absolute atomic E-state index is 0.0588. The van der Waals surface area contributed by atoms with Gasteiger partial charge in [-0.05, 0) is 17.7 Å². The van der Waals surface area contributed by atoms with Gasteiger partial charge in [-0.1, -0.05) is 23.9 Å². The van der Waals surface area contributed by atoms with E-state index in [9.17, 15) is 0 Å². The van der Waals surface area contributed by atoms with Gasteiger partial charge in [-0.25, -0.2) is 15.0 Å². The molecule has 0 bridgehead atoms. The topological polar surface area (TPSA) is 74.7 Å². The van der Waals surface area contributed by atoms with Gasteiger partial charge in [0.15, 0.2) is 5.65 Å². The minimum Gasteiger partial charge on any atom is -0.392 e. The van der Waals surface area contributed by atoms with Crippen LogP contribution in [0, 0.1) is 0 Å². The van der Waals surface area contributed by atoms with E-state index < -0.39 is 0 Å². The number of rotatable bonds is 3. The first-order chi connectivity index (χ1) is 8.86. The molecule has 2 aromatic heterocycles. The molecule has 3 aromatic rings. The molecule has 0 saturated heterocycles. The quantitative estimate of drug-likeness (QED) is 0.703. The van der Waals surface area contributed by atoms with Gasteiger partial charge in [0.05, 0.1) is 12.9 Å². The van der Waals surface area contributed by atoms with Crippen LogP contribution in [0.4, 0.5) is 0 Å². The fourth-order valence-electron chi connectivity index (χ4n) is 1.59. The van der Waals surface area contributed by atoms with Gasteiger partial charge in [0.25, 0.3) is 0 Å². The maximum absolute atomic E-state index is 8.99. The van der Waals surface area contributed by atoms with Crippen LogP contribution in [-0.4, -0.2) is 25.0 Å². The predicted octanol–water partition coefficient (Wildman–Crippen LogP) is 2.00. The van der Waals surface area contributed by atoms with E-state index in [4.69, 9.17) is 5.11 Å². The lowest BCUT2D eigenvalue weighted by Gasteiger charge is -2.02. The zero-order valence-electron chi connectivity index (χ0n) is 9.37. The Morgan fingerprint density at radius 2 is 1.94 bits per heavy atom. The van der Waals surface area contributed by atoms with Gasteiger partial charge >= 0.3 is 0 Å². The van der Waals surface area contributed by atoms with Crippen LogP contribution in [0.3, 0.4) is 0 Å². The first-order valence-electron chi connectivity index (χ1n) is 5.38. The summed E-state index contributed by atoms with van der Waals surface area (Å²) in [5, 5.41) is 9.83. The lowest BCUT2D eigenvalue weighted by molar-refractivity contribution is 0.282. The molecule has 6 heteroatoms. The predicted molar refractivity (Wildman–Crippen MR) is 68.2 cm³/mol. The average Bonchev–Trinajstić information content (AvgIpc) is 2.89. The van der Waals surface area contributed by atoms with Gasteiger partial charge in [0, 0.05) is 4.90 Å². The number of fused-ring (bicyclic) bond motifs is 1. The Bertz CT molecular complexity index is 665. The van der Waals surface area contributed by atoms with Crippen LogP contribution in [0.2, 0.25) is 0 Å². The number of aromatic amines is 1. The van der Waals surface area contributed by atoms with Crippen molar-refractivity contribution >= 4 is 22.9 Å². The Morgan fingerprint density at radius 1 is 1.11 bits per heavy atom. The highest BCUT2D eigenvalue weighted by atomic mass is 32.2. The normalized spacial score (nSPS) is 10.9. The summed E-state index contributed by atoms with van der Waals surface area (Å²) in [5.74, 6) is 0. The number of hydrogen-bond donors (Lipinski definition) is 2. The van der Waals surface area contributed by atoms with Crippen molar-refractivity contribution in [2.24, 2.45) is 0 Å². The van der Waals surface area contributed by atoms with E-state index in [-0.39, 0.29) is 6.61 Å². The van der Waals surface area contributed by atoms with Crippen molar-refractivity contribution in [2.75, 3.05) is 0 Å². The van der Waals surface area contributed by atoms with Crippen LogP contribution in [0.1, 0.15) is 5.56 Å². The first-order valence-corrected chi connectivity index (χ1v) is 6.20. The van der Waals surface area contributed by atoms with E-state index in [0.29, 0.717) is 5.65 Å².